The largest absolute Gasteiger partial charge is 0.497 e. The van der Waals surface area contributed by atoms with Crippen LogP contribution in [-0.4, -0.2) is 83.3 Å². The van der Waals surface area contributed by atoms with Crippen molar-refractivity contribution in [3.63, 3.8) is 0 Å². The van der Waals surface area contributed by atoms with Gasteiger partial charge in [-0.25, -0.2) is 14.8 Å². The van der Waals surface area contributed by atoms with Crippen LogP contribution in [-0.2, 0) is 25.0 Å². The van der Waals surface area contributed by atoms with E-state index in [0.29, 0.717) is 56.6 Å². The molecule has 4 aliphatic rings. The maximum Gasteiger partial charge on any atom is 0.408 e. The number of nitrogens with zero attached hydrogens (tertiary/aromatic N) is 3. The van der Waals surface area contributed by atoms with Crippen LogP contribution in [0.5, 0.6) is 11.6 Å². The van der Waals surface area contributed by atoms with E-state index in [1.165, 1.54) is 18.9 Å². The Labute approximate surface area is 285 Å². The Kier molecular flexibility index (Phi) is 9.78. The molecule has 1 N–H and O–H groups in total. The van der Waals surface area contributed by atoms with Gasteiger partial charge in [0.1, 0.15) is 23.5 Å². The molecular weight excluding hydrogens is 638 g/mol. The molecule has 0 spiro atoms. The first-order chi connectivity index (χ1) is 23.2. The van der Waals surface area contributed by atoms with Crippen LogP contribution in [0.15, 0.2) is 18.2 Å². The van der Waals surface area contributed by atoms with Gasteiger partial charge in [0.15, 0.2) is 11.5 Å². The second-order valence-corrected chi connectivity index (χ2v) is 14.9. The summed E-state index contributed by atoms with van der Waals surface area (Å²) in [5.41, 5.74) is -1.48. The Balaban J connectivity index is 1.43. The Bertz CT molecular complexity index is 1580. The molecule has 1 aromatic carbocycles. The van der Waals surface area contributed by atoms with E-state index in [-0.39, 0.29) is 36.1 Å². The van der Waals surface area contributed by atoms with Gasteiger partial charge < -0.3 is 29.2 Å². The van der Waals surface area contributed by atoms with Crippen molar-refractivity contribution >= 4 is 28.8 Å². The van der Waals surface area contributed by atoms with Crippen molar-refractivity contribution in [3.05, 3.63) is 23.9 Å². The number of amides is 2. The number of hydrogen-bond donors (Lipinski definition) is 1. The number of hydrogen-bond acceptors (Lipinski definition) is 9. The number of ether oxygens (including phenoxy) is 4. The molecule has 49 heavy (non-hydrogen) atoms. The van der Waals surface area contributed by atoms with Crippen LogP contribution in [0.25, 0.3) is 11.0 Å². The van der Waals surface area contributed by atoms with Gasteiger partial charge in [0.25, 0.3) is 5.92 Å². The molecule has 1 saturated carbocycles. The molecule has 4 heterocycles. The van der Waals surface area contributed by atoms with E-state index < -0.39 is 65.2 Å². The number of methoxy groups -OCH3 is 1. The molecule has 6 rings (SSSR count). The van der Waals surface area contributed by atoms with Gasteiger partial charge in [0, 0.05) is 37.0 Å². The van der Waals surface area contributed by atoms with Gasteiger partial charge in [0.2, 0.25) is 11.8 Å². The average molecular weight is 687 g/mol. The first-order valence-corrected chi connectivity index (χ1v) is 17.5. The third kappa shape index (κ3) is 6.92. The first-order valence-electron chi connectivity index (χ1n) is 17.5. The number of fused-ring (bicyclic) bond motifs is 5. The van der Waals surface area contributed by atoms with Crippen molar-refractivity contribution in [2.24, 2.45) is 17.3 Å². The lowest BCUT2D eigenvalue weighted by atomic mass is 9.75. The molecular formula is C36H48F2N4O7. The number of ketones is 1. The quantitative estimate of drug-likeness (QED) is 0.416. The third-order valence-corrected chi connectivity index (χ3v) is 11.5. The molecule has 2 aromatic rings. The summed E-state index contributed by atoms with van der Waals surface area (Å²) in [5.74, 6) is -4.56. The number of rotatable bonds is 3. The Hall–Kier alpha value is -3.61. The van der Waals surface area contributed by atoms with E-state index in [9.17, 15) is 14.4 Å². The van der Waals surface area contributed by atoms with Gasteiger partial charge in [-0.2, -0.15) is 8.78 Å². The first kappa shape index (κ1) is 35.2. The summed E-state index contributed by atoms with van der Waals surface area (Å²) < 4.78 is 55.8. The monoisotopic (exact) mass is 686 g/mol. The summed E-state index contributed by atoms with van der Waals surface area (Å²) in [7, 11) is 1.50. The molecule has 3 aliphatic heterocycles. The number of alkyl halides is 2. The molecule has 1 aromatic heterocycles. The zero-order chi connectivity index (χ0) is 35.1. The molecule has 6 atom stereocenters. The van der Waals surface area contributed by atoms with Crippen molar-refractivity contribution in [1.29, 1.82) is 0 Å². The van der Waals surface area contributed by atoms with Crippen molar-refractivity contribution in [2.45, 2.75) is 115 Å². The average Bonchev–Trinajstić information content (AvgIpc) is 3.58. The lowest BCUT2D eigenvalue weighted by Crippen LogP contribution is -2.60. The van der Waals surface area contributed by atoms with E-state index in [1.807, 2.05) is 13.8 Å². The summed E-state index contributed by atoms with van der Waals surface area (Å²) in [6.45, 7) is 7.74. The van der Waals surface area contributed by atoms with Gasteiger partial charge in [0.05, 0.1) is 30.7 Å². The van der Waals surface area contributed by atoms with Gasteiger partial charge in [-0.15, -0.1) is 0 Å². The summed E-state index contributed by atoms with van der Waals surface area (Å²) in [6.07, 6.45) is 2.59. The standard InChI is InChI=1S/C36H48F2N4O7/c1-21-27-20-42(28(21)22(2)43)32(44)30(34(3)15-17-47-18-16-34)41-33(45)49-35(4)13-8-10-23(35)9-6-7-14-36(37,38)29-31(48-27)40-26-19-24(46-5)11-12-25(26)39-29/h11-12,19,21,23,27-28,30H,6-10,13-18,20H2,1-5H3,(H,41,45)/t21-,23-,27+,28+,30-,35-/m1/s1. The van der Waals surface area contributed by atoms with Crippen LogP contribution >= 0.6 is 0 Å². The smallest absolute Gasteiger partial charge is 0.408 e. The van der Waals surface area contributed by atoms with Crippen LogP contribution in [0.1, 0.15) is 91.2 Å². The SMILES string of the molecule is COc1ccc2nc3c(nc2c1)O[C@H]1CN(C(=O)[C@H](C2(C)CCOCC2)NC(=O)O[C@]2(C)CCC[C@H]2CCCCC3(F)F)[C@H](C(C)=O)[C@@H]1C. The number of aromatic nitrogens is 2. The fraction of sp³-hybridized carbons (Fsp3) is 0.694. The predicted molar refractivity (Wildman–Crippen MR) is 176 cm³/mol. The van der Waals surface area contributed by atoms with Crippen LogP contribution in [0.3, 0.4) is 0 Å². The van der Waals surface area contributed by atoms with E-state index in [1.54, 1.807) is 25.1 Å². The highest BCUT2D eigenvalue weighted by atomic mass is 19.3. The Morgan fingerprint density at radius 2 is 1.76 bits per heavy atom. The van der Waals surface area contributed by atoms with Crippen molar-refractivity contribution in [2.75, 3.05) is 26.9 Å². The highest BCUT2D eigenvalue weighted by Crippen LogP contribution is 2.44. The second-order valence-electron chi connectivity index (χ2n) is 14.9. The maximum atomic E-state index is 16.2. The second kappa shape index (κ2) is 13.6. The summed E-state index contributed by atoms with van der Waals surface area (Å²) in [4.78, 5) is 51.9. The number of halogens is 2. The number of Topliss-reactive ketones (excluding diaryl/α,β-unsaturated/α-hetero) is 1. The number of nitrogens with one attached hydrogen (secondary N) is 1. The summed E-state index contributed by atoms with van der Waals surface area (Å²) in [5, 5.41) is 2.94. The highest BCUT2D eigenvalue weighted by molar-refractivity contribution is 5.92. The van der Waals surface area contributed by atoms with Crippen molar-refractivity contribution in [1.82, 2.24) is 20.2 Å². The summed E-state index contributed by atoms with van der Waals surface area (Å²) in [6, 6.07) is 2.88. The van der Waals surface area contributed by atoms with Gasteiger partial charge in [-0.3, -0.25) is 9.59 Å². The Morgan fingerprint density at radius 1 is 1.02 bits per heavy atom. The minimum Gasteiger partial charge on any atom is -0.497 e. The number of carbonyl (C=O) groups excluding carboxylic acids is 3. The molecule has 3 fully saturated rings. The number of benzene rings is 1. The molecule has 2 saturated heterocycles. The highest BCUT2D eigenvalue weighted by Gasteiger charge is 2.52. The topological polar surface area (TPSA) is 129 Å². The Morgan fingerprint density at radius 3 is 2.47 bits per heavy atom. The molecule has 11 nitrogen and oxygen atoms in total. The lowest BCUT2D eigenvalue weighted by molar-refractivity contribution is -0.144. The minimum atomic E-state index is -3.38. The predicted octanol–water partition coefficient (Wildman–Crippen LogP) is 5.96. The molecule has 2 amide bonds. The number of carbonyl (C=O) groups is 3. The third-order valence-electron chi connectivity index (χ3n) is 11.5. The van der Waals surface area contributed by atoms with E-state index in [0.717, 1.165) is 12.8 Å². The van der Waals surface area contributed by atoms with Crippen LogP contribution < -0.4 is 14.8 Å². The summed E-state index contributed by atoms with van der Waals surface area (Å²) >= 11 is 0. The molecule has 1 aliphatic carbocycles. The van der Waals surface area contributed by atoms with Crippen molar-refractivity contribution < 1.29 is 42.1 Å². The van der Waals surface area contributed by atoms with Gasteiger partial charge in [-0.05, 0) is 76.8 Å². The zero-order valence-corrected chi connectivity index (χ0v) is 29.1. The molecule has 0 unspecified atom stereocenters. The van der Waals surface area contributed by atoms with Crippen molar-refractivity contribution in [3.8, 4) is 11.6 Å². The molecule has 13 heteroatoms. The van der Waals surface area contributed by atoms with E-state index >= 15 is 8.78 Å². The maximum absolute atomic E-state index is 16.2. The van der Waals surface area contributed by atoms with Crippen LogP contribution in [0.2, 0.25) is 0 Å². The van der Waals surface area contributed by atoms with Crippen LogP contribution in [0.4, 0.5) is 13.6 Å². The molecule has 2 bridgehead atoms. The van der Waals surface area contributed by atoms with E-state index in [4.69, 9.17) is 18.9 Å². The fourth-order valence-electron chi connectivity index (χ4n) is 8.37. The van der Waals surface area contributed by atoms with Gasteiger partial charge in [-0.1, -0.05) is 20.3 Å². The molecule has 268 valence electrons. The normalized spacial score (nSPS) is 32.1. The lowest BCUT2D eigenvalue weighted by Gasteiger charge is -2.42. The zero-order valence-electron chi connectivity index (χ0n) is 29.1. The van der Waals surface area contributed by atoms with Crippen LogP contribution in [0, 0.1) is 17.3 Å². The van der Waals surface area contributed by atoms with E-state index in [2.05, 4.69) is 15.3 Å². The fourth-order valence-corrected chi connectivity index (χ4v) is 8.37. The molecule has 0 radical (unpaired) electrons. The number of alkyl carbamates (subject to hydrolysis) is 1. The minimum absolute atomic E-state index is 0.0183. The van der Waals surface area contributed by atoms with Gasteiger partial charge >= 0.3 is 6.09 Å².